The van der Waals surface area contributed by atoms with Crippen LogP contribution in [-0.2, 0) is 49.3 Å². The van der Waals surface area contributed by atoms with E-state index in [9.17, 15) is 69.3 Å². The lowest BCUT2D eigenvalue weighted by molar-refractivity contribution is -0.433. The lowest BCUT2D eigenvalue weighted by Crippen LogP contribution is -2.64. The summed E-state index contributed by atoms with van der Waals surface area (Å²) < 4.78 is 25.9. The summed E-state index contributed by atoms with van der Waals surface area (Å²) >= 11 is 0.0774. The summed E-state index contributed by atoms with van der Waals surface area (Å²) in [5.74, 6) is -8.37. The standard InChI is InChI=1S/C58H78N10O21S/c1-30-28-68-48(49(30)75)55(80)60-27-36(70)25-39(61-51(76)34-12-10-33(11-13-34)50-65-56(86-66-50)35-14-16-38(17-15-35)85-22-8-6-4-5-7-21-84-3)52(77)62-45(31(2)69)57(81)67-29-37(71)26-40(67)53(78)63-46(54(79)64-47(58(68)82)42(73)19-20-59)43(74)23-32-9-18-41(72)44(24-32)87-90-89-88-83/h9-18,24,30-31,36-37,39-40,42-43,45-49,69-75,83H,4-8,19-23,25-29,59H2,1-3H3,(H,60,80)(H,61,76)(H,62,77)(H,63,78)(H,64,79)/t30-,31+,36+,37+,39+,40+,42-,43-,45+,46+,47+,48+,49+/m1/s1. The van der Waals surface area contributed by atoms with Gasteiger partial charge in [0.15, 0.2) is 11.5 Å². The highest BCUT2D eigenvalue weighted by atomic mass is 32.2. The molecule has 15 N–H and O–H groups in total. The van der Waals surface area contributed by atoms with E-state index in [1.54, 1.807) is 31.4 Å². The van der Waals surface area contributed by atoms with Gasteiger partial charge in [0.05, 0.1) is 43.2 Å². The van der Waals surface area contributed by atoms with Crippen LogP contribution in [0.25, 0.3) is 22.8 Å². The number of carbonyl (C=O) groups is 7. The van der Waals surface area contributed by atoms with Crippen LogP contribution < -0.4 is 41.2 Å². The number of nitrogens with zero attached hydrogens (tertiary/aromatic N) is 4. The van der Waals surface area contributed by atoms with Crippen molar-refractivity contribution in [2.75, 3.05) is 46.5 Å². The van der Waals surface area contributed by atoms with E-state index in [1.165, 1.54) is 43.3 Å². The second-order valence-corrected chi connectivity index (χ2v) is 22.7. The number of aromatic nitrogens is 2. The van der Waals surface area contributed by atoms with Gasteiger partial charge in [-0.1, -0.05) is 58.9 Å². The molecule has 492 valence electrons. The molecule has 32 heteroatoms. The number of methoxy groups -OCH3 is 1. The SMILES string of the molecule is COCCCCCCCOc1ccc(-c2nc(-c3ccc(C(=O)N[C@H]4C[C@H](O)CNC(=O)[C@@H]5[C@@H](O)[C@H](C)CN5C(=O)[C@H]([C@H](O)CCN)NC(=O)[C@H]([C@H](O)Cc5ccc(O)c(OSOOO)c5)NC(=O)[C@@H]5C[C@H](O)CN5C(=O)[C@H]([C@H](C)O)NC4=O)cc3)no2)cc1. The van der Waals surface area contributed by atoms with E-state index in [4.69, 9.17) is 29.2 Å². The number of nitrogens with one attached hydrogen (secondary N) is 5. The summed E-state index contributed by atoms with van der Waals surface area (Å²) in [6.07, 6.45) is -7.15. The molecule has 0 aliphatic carbocycles. The van der Waals surface area contributed by atoms with Crippen molar-refractivity contribution in [2.45, 2.75) is 145 Å². The molecule has 13 atom stereocenters. The van der Waals surface area contributed by atoms with Crippen LogP contribution in [0.15, 0.2) is 71.3 Å². The van der Waals surface area contributed by atoms with E-state index in [0.29, 0.717) is 23.5 Å². The molecule has 1 aromatic heterocycles. The van der Waals surface area contributed by atoms with Crippen molar-refractivity contribution in [1.82, 2.24) is 46.5 Å². The number of carbonyl (C=O) groups excluding carboxylic acids is 7. The van der Waals surface area contributed by atoms with Crippen molar-refractivity contribution in [3.8, 4) is 40.1 Å². The molecule has 0 bridgehead atoms. The van der Waals surface area contributed by atoms with Gasteiger partial charge in [0.1, 0.15) is 42.0 Å². The Kier molecular flexibility index (Phi) is 26.0. The van der Waals surface area contributed by atoms with Crippen LogP contribution in [0.5, 0.6) is 17.2 Å². The number of amides is 7. The van der Waals surface area contributed by atoms with Crippen molar-refractivity contribution >= 4 is 53.7 Å². The summed E-state index contributed by atoms with van der Waals surface area (Å²) in [7, 11) is 1.69. The van der Waals surface area contributed by atoms with Crippen molar-refractivity contribution in [3.63, 3.8) is 0 Å². The third kappa shape index (κ3) is 18.5. The van der Waals surface area contributed by atoms with Crippen LogP contribution in [0.2, 0.25) is 0 Å². The molecule has 3 aliphatic rings. The Morgan fingerprint density at radius 2 is 1.46 bits per heavy atom. The summed E-state index contributed by atoms with van der Waals surface area (Å²) in [5, 5.41) is 107. The second-order valence-electron chi connectivity index (χ2n) is 22.3. The van der Waals surface area contributed by atoms with Gasteiger partial charge in [-0.05, 0) is 86.8 Å². The van der Waals surface area contributed by atoms with Crippen LogP contribution in [0.4, 0.5) is 0 Å². The van der Waals surface area contributed by atoms with E-state index in [-0.39, 0.29) is 60.4 Å². The van der Waals surface area contributed by atoms with Gasteiger partial charge in [-0.2, -0.15) is 4.98 Å². The van der Waals surface area contributed by atoms with E-state index < -0.39 is 158 Å². The number of aliphatic hydroxyl groups excluding tert-OH is 6. The van der Waals surface area contributed by atoms with E-state index in [0.717, 1.165) is 61.5 Å². The number of aliphatic hydroxyl groups is 6. The number of hydrogen-bond donors (Lipinski definition) is 14. The molecule has 4 aromatic rings. The molecule has 0 unspecified atom stereocenters. The highest BCUT2D eigenvalue weighted by Crippen LogP contribution is 2.32. The lowest BCUT2D eigenvalue weighted by Gasteiger charge is -2.34. The van der Waals surface area contributed by atoms with Gasteiger partial charge in [-0.3, -0.25) is 33.6 Å². The fourth-order valence-electron chi connectivity index (χ4n) is 10.7. The molecule has 3 fully saturated rings. The number of ether oxygens (including phenoxy) is 2. The second kappa shape index (κ2) is 33.5. The van der Waals surface area contributed by atoms with Gasteiger partial charge < -0.3 is 96.0 Å². The fourth-order valence-corrected chi connectivity index (χ4v) is 10.9. The molecule has 90 heavy (non-hydrogen) atoms. The summed E-state index contributed by atoms with van der Waals surface area (Å²) in [6, 6.07) is 5.31. The number of nitrogens with two attached hydrogens (primary N) is 1. The monoisotopic (exact) mass is 1280 g/mol. The van der Waals surface area contributed by atoms with E-state index in [1.807, 2.05) is 0 Å². The van der Waals surface area contributed by atoms with Gasteiger partial charge in [0.25, 0.3) is 24.1 Å². The molecule has 7 amide bonds. The van der Waals surface area contributed by atoms with Crippen molar-refractivity contribution in [1.29, 1.82) is 0 Å². The number of aromatic hydroxyl groups is 1. The first-order chi connectivity index (χ1) is 43.1. The van der Waals surface area contributed by atoms with Gasteiger partial charge in [-0.25, -0.2) is 5.26 Å². The smallest absolute Gasteiger partial charge is 0.261 e. The van der Waals surface area contributed by atoms with E-state index in [2.05, 4.69) is 46.1 Å². The number of hydrogen-bond acceptors (Lipinski definition) is 25. The molecule has 3 aliphatic heterocycles. The molecule has 31 nitrogen and oxygen atoms in total. The molecule has 0 spiro atoms. The van der Waals surface area contributed by atoms with Gasteiger partial charge in [-0.15, -0.1) is 0 Å². The average Bonchev–Trinajstić information content (AvgIpc) is 1.79. The van der Waals surface area contributed by atoms with Crippen molar-refractivity contribution in [3.05, 3.63) is 77.9 Å². The quantitative estimate of drug-likeness (QED) is 0.0169. The maximum absolute atomic E-state index is 14.7. The fraction of sp³-hybridized carbons (Fsp3) is 0.534. The Labute approximate surface area is 521 Å². The Bertz CT molecular complexity index is 3050. The normalized spacial score (nSPS) is 25.0. The molecule has 4 heterocycles. The van der Waals surface area contributed by atoms with Gasteiger partial charge in [0.2, 0.25) is 41.3 Å². The number of rotatable bonds is 24. The molecule has 7 rings (SSSR count). The van der Waals surface area contributed by atoms with Gasteiger partial charge in [0, 0.05) is 75.2 Å². The number of fused-ring (bicyclic) bond motifs is 2. The number of benzene rings is 3. The van der Waals surface area contributed by atoms with Crippen LogP contribution >= 0.6 is 12.3 Å². The third-order valence-electron chi connectivity index (χ3n) is 15.6. The summed E-state index contributed by atoms with van der Waals surface area (Å²) in [6.45, 7) is 2.13. The first-order valence-corrected chi connectivity index (χ1v) is 30.0. The van der Waals surface area contributed by atoms with Gasteiger partial charge >= 0.3 is 0 Å². The molecule has 3 saturated heterocycles. The average molecular weight is 1280 g/mol. The predicted molar refractivity (Wildman–Crippen MR) is 315 cm³/mol. The maximum Gasteiger partial charge on any atom is 0.261 e. The van der Waals surface area contributed by atoms with Crippen molar-refractivity contribution < 1.29 is 102 Å². The number of phenols is 1. The lowest BCUT2D eigenvalue weighted by atomic mass is 9.98. The number of β-amino-alcohol motifs (C(OH)–C–C–N with tert-alkyl or cyclic N) is 1. The Morgan fingerprint density at radius 3 is 2.14 bits per heavy atom. The third-order valence-corrected chi connectivity index (χ3v) is 15.9. The molecule has 0 radical (unpaired) electrons. The topological polar surface area (TPSA) is 459 Å². The van der Waals surface area contributed by atoms with E-state index >= 15 is 0 Å². The zero-order valence-electron chi connectivity index (χ0n) is 49.6. The highest BCUT2D eigenvalue weighted by Gasteiger charge is 2.50. The molecule has 3 aromatic carbocycles. The molecule has 0 saturated carbocycles. The zero-order chi connectivity index (χ0) is 65.2. The zero-order valence-corrected chi connectivity index (χ0v) is 50.4. The largest absolute Gasteiger partial charge is 0.504 e. The predicted octanol–water partition coefficient (Wildman–Crippen LogP) is -1.25. The Balaban J connectivity index is 1.14. The first kappa shape index (κ1) is 69.9. The minimum Gasteiger partial charge on any atom is -0.504 e. The van der Waals surface area contributed by atoms with Crippen LogP contribution in [0.3, 0.4) is 0 Å². The molecular formula is C58H78N10O21S. The Morgan fingerprint density at radius 1 is 0.789 bits per heavy atom. The summed E-state index contributed by atoms with van der Waals surface area (Å²) in [5.41, 5.74) is 6.93. The minimum absolute atomic E-state index is 0.0219. The maximum atomic E-state index is 14.7. The van der Waals surface area contributed by atoms with Crippen LogP contribution in [0.1, 0.15) is 81.1 Å². The summed E-state index contributed by atoms with van der Waals surface area (Å²) in [4.78, 5) is 107. The molecular weight excluding hydrogens is 1200 g/mol. The van der Waals surface area contributed by atoms with Crippen LogP contribution in [0, 0.1) is 5.92 Å². The number of unbranched alkanes of at least 4 members (excludes halogenated alkanes) is 4. The number of phenolic OH excluding ortho intramolecular Hbond substituents is 1. The van der Waals surface area contributed by atoms with Crippen LogP contribution in [-0.4, -0.2) is 222 Å². The van der Waals surface area contributed by atoms with Crippen molar-refractivity contribution in [2.24, 2.45) is 11.7 Å². The Hall–Kier alpha value is -7.60. The highest BCUT2D eigenvalue weighted by molar-refractivity contribution is 7.90. The first-order valence-electron chi connectivity index (χ1n) is 29.3. The minimum atomic E-state index is -2.11.